The fraction of sp³-hybridized carbons (Fsp3) is 0.400. The van der Waals surface area contributed by atoms with Gasteiger partial charge in [-0.1, -0.05) is 35.4 Å². The van der Waals surface area contributed by atoms with Crippen molar-refractivity contribution in [3.63, 3.8) is 0 Å². The van der Waals surface area contributed by atoms with Crippen LogP contribution < -0.4 is 9.47 Å². The van der Waals surface area contributed by atoms with Crippen molar-refractivity contribution in [2.75, 3.05) is 39.5 Å². The zero-order chi connectivity index (χ0) is 30.7. The Balaban J connectivity index is 1.05. The number of hydrogen-bond acceptors (Lipinski definition) is 7. The average Bonchev–Trinajstić information content (AvgIpc) is 2.98. The summed E-state index contributed by atoms with van der Waals surface area (Å²) in [5.74, 6) is 1.19. The van der Waals surface area contributed by atoms with Crippen LogP contribution >= 0.6 is 11.6 Å². The summed E-state index contributed by atoms with van der Waals surface area (Å²) in [5.41, 5.74) is 4.10. The number of piperidine rings is 1. The van der Waals surface area contributed by atoms with Crippen molar-refractivity contribution >= 4 is 28.3 Å². The van der Waals surface area contributed by atoms with E-state index >= 15 is 0 Å². The number of halogens is 2. The number of hydrogen-bond donors (Lipinski definition) is 0. The Hall–Kier alpha value is -3.59. The highest BCUT2D eigenvalue weighted by Gasteiger charge is 2.40. The standard InChI is InChI=1S/C35H37ClFN3O4/c1-23-4-7-31(37)26(14-23)17-27(41)16-25-5-6-28(18-30(25)36)44-34-29-15-24(2)33(19-32(29)38-22-39-34)43-13-3-10-40-11-8-35(9-12-40)20-42-21-35/h4-7,14-15,18-19,22H,3,8-13,16-17,20-21H2,1-2H3. The van der Waals surface area contributed by atoms with E-state index in [4.69, 9.17) is 25.8 Å². The third kappa shape index (κ3) is 7.04. The van der Waals surface area contributed by atoms with Crippen LogP contribution in [0.5, 0.6) is 17.4 Å². The average molecular weight is 618 g/mol. The maximum atomic E-state index is 14.1. The van der Waals surface area contributed by atoms with E-state index in [-0.39, 0.29) is 24.4 Å². The lowest BCUT2D eigenvalue weighted by Crippen LogP contribution is -2.51. The molecule has 0 amide bonds. The van der Waals surface area contributed by atoms with Gasteiger partial charge in [0.1, 0.15) is 29.4 Å². The van der Waals surface area contributed by atoms with Gasteiger partial charge in [-0.3, -0.25) is 4.79 Å². The van der Waals surface area contributed by atoms with Gasteiger partial charge in [0.15, 0.2) is 0 Å². The number of ketones is 1. The lowest BCUT2D eigenvalue weighted by atomic mass is 9.77. The van der Waals surface area contributed by atoms with Crippen LogP contribution in [0.15, 0.2) is 54.9 Å². The molecule has 2 aliphatic heterocycles. The second kappa shape index (κ2) is 13.2. The van der Waals surface area contributed by atoms with E-state index in [2.05, 4.69) is 14.9 Å². The number of likely N-dealkylation sites (tertiary alicyclic amines) is 1. The second-order valence-corrected chi connectivity index (χ2v) is 12.6. The van der Waals surface area contributed by atoms with Gasteiger partial charge in [-0.15, -0.1) is 0 Å². The summed E-state index contributed by atoms with van der Waals surface area (Å²) in [7, 11) is 0. The van der Waals surface area contributed by atoms with Crippen molar-refractivity contribution in [2.45, 2.75) is 46.0 Å². The topological polar surface area (TPSA) is 73.8 Å². The summed E-state index contributed by atoms with van der Waals surface area (Å²) < 4.78 is 31.8. The third-order valence-electron chi connectivity index (χ3n) is 8.72. The fourth-order valence-electron chi connectivity index (χ4n) is 5.98. The van der Waals surface area contributed by atoms with E-state index in [9.17, 15) is 9.18 Å². The molecule has 0 unspecified atom stereocenters. The van der Waals surface area contributed by atoms with Crippen LogP contribution in [0.25, 0.3) is 10.9 Å². The fourth-order valence-corrected chi connectivity index (χ4v) is 6.22. The molecule has 7 nitrogen and oxygen atoms in total. The number of ether oxygens (including phenoxy) is 3. The van der Waals surface area contributed by atoms with E-state index in [0.29, 0.717) is 39.8 Å². The Morgan fingerprint density at radius 1 is 1.02 bits per heavy atom. The summed E-state index contributed by atoms with van der Waals surface area (Å²) in [6, 6.07) is 13.9. The van der Waals surface area contributed by atoms with E-state index in [1.165, 1.54) is 25.2 Å². The quantitative estimate of drug-likeness (QED) is 0.167. The van der Waals surface area contributed by atoms with Crippen molar-refractivity contribution in [3.8, 4) is 17.4 Å². The first-order chi connectivity index (χ1) is 21.3. The molecule has 1 spiro atoms. The van der Waals surface area contributed by atoms with Gasteiger partial charge in [0.05, 0.1) is 30.7 Å². The Bertz CT molecular complexity index is 1670. The Kier molecular flexibility index (Phi) is 9.12. The first-order valence-electron chi connectivity index (χ1n) is 15.2. The molecular formula is C35H37ClFN3O4. The molecule has 0 saturated carbocycles. The van der Waals surface area contributed by atoms with Crippen LogP contribution in [0.4, 0.5) is 4.39 Å². The number of benzene rings is 3. The Morgan fingerprint density at radius 2 is 1.82 bits per heavy atom. The summed E-state index contributed by atoms with van der Waals surface area (Å²) in [6.07, 6.45) is 4.99. The molecule has 2 saturated heterocycles. The number of Topliss-reactive ketones (excluding diaryl/α,β-unsaturated/α-hetero) is 1. The molecule has 0 radical (unpaired) electrons. The van der Waals surface area contributed by atoms with Gasteiger partial charge in [-0.05, 0) is 87.2 Å². The number of aromatic nitrogens is 2. The zero-order valence-electron chi connectivity index (χ0n) is 25.2. The minimum Gasteiger partial charge on any atom is -0.493 e. The molecule has 0 bridgehead atoms. The summed E-state index contributed by atoms with van der Waals surface area (Å²) in [6.45, 7) is 9.69. The lowest BCUT2D eigenvalue weighted by molar-refractivity contribution is -0.139. The molecule has 0 N–H and O–H groups in total. The first kappa shape index (κ1) is 30.4. The van der Waals surface area contributed by atoms with Gasteiger partial charge in [-0.2, -0.15) is 0 Å². The van der Waals surface area contributed by atoms with E-state index in [0.717, 1.165) is 67.0 Å². The van der Waals surface area contributed by atoms with Crippen molar-refractivity contribution in [2.24, 2.45) is 5.41 Å². The van der Waals surface area contributed by atoms with E-state index in [1.807, 2.05) is 26.0 Å². The highest BCUT2D eigenvalue weighted by atomic mass is 35.5. The second-order valence-electron chi connectivity index (χ2n) is 12.2. The lowest BCUT2D eigenvalue weighted by Gasteiger charge is -2.47. The third-order valence-corrected chi connectivity index (χ3v) is 9.07. The molecule has 4 aromatic rings. The van der Waals surface area contributed by atoms with Crippen LogP contribution in [-0.2, 0) is 22.4 Å². The highest BCUT2D eigenvalue weighted by Crippen LogP contribution is 2.38. The Morgan fingerprint density at radius 3 is 2.57 bits per heavy atom. The van der Waals surface area contributed by atoms with E-state index in [1.54, 1.807) is 30.3 Å². The molecule has 2 aliphatic rings. The summed E-state index contributed by atoms with van der Waals surface area (Å²) in [5, 5.41) is 1.15. The molecule has 3 heterocycles. The van der Waals surface area contributed by atoms with Gasteiger partial charge in [0, 0.05) is 35.9 Å². The number of carbonyl (C=O) groups excluding carboxylic acids is 1. The van der Waals surface area contributed by atoms with Crippen molar-refractivity contribution in [1.82, 2.24) is 14.9 Å². The number of fused-ring (bicyclic) bond motifs is 1. The Labute approximate surface area is 262 Å². The van der Waals surface area contributed by atoms with Crippen molar-refractivity contribution in [3.05, 3.63) is 88.0 Å². The molecule has 3 aromatic carbocycles. The molecule has 1 aromatic heterocycles. The normalized spacial score (nSPS) is 16.2. The molecular weight excluding hydrogens is 581 g/mol. The van der Waals surface area contributed by atoms with Crippen molar-refractivity contribution in [1.29, 1.82) is 0 Å². The minimum atomic E-state index is -0.379. The summed E-state index contributed by atoms with van der Waals surface area (Å²) >= 11 is 6.53. The van der Waals surface area contributed by atoms with Gasteiger partial charge >= 0.3 is 0 Å². The maximum absolute atomic E-state index is 14.1. The highest BCUT2D eigenvalue weighted by molar-refractivity contribution is 6.31. The number of carbonyl (C=O) groups is 1. The number of aryl methyl sites for hydroxylation is 2. The van der Waals surface area contributed by atoms with Crippen molar-refractivity contribution < 1.29 is 23.4 Å². The predicted molar refractivity (Wildman–Crippen MR) is 168 cm³/mol. The number of rotatable bonds is 11. The number of nitrogens with zero attached hydrogens (tertiary/aromatic N) is 3. The van der Waals surface area contributed by atoms with Gasteiger partial charge in [0.25, 0.3) is 0 Å². The van der Waals surface area contributed by atoms with Crippen LogP contribution in [0.1, 0.15) is 41.5 Å². The maximum Gasteiger partial charge on any atom is 0.230 e. The first-order valence-corrected chi connectivity index (χ1v) is 15.6. The van der Waals surface area contributed by atoms with Crippen LogP contribution in [0.2, 0.25) is 5.02 Å². The van der Waals surface area contributed by atoms with Gasteiger partial charge in [0.2, 0.25) is 5.88 Å². The molecule has 6 rings (SSSR count). The van der Waals surface area contributed by atoms with Crippen LogP contribution in [-0.4, -0.2) is 60.1 Å². The SMILES string of the molecule is Cc1ccc(F)c(CC(=O)Cc2ccc(Oc3ncnc4cc(OCCCN5CCC6(CC5)COC6)c(C)cc34)cc2Cl)c1. The van der Waals surface area contributed by atoms with Crippen LogP contribution in [0, 0.1) is 25.1 Å². The predicted octanol–water partition coefficient (Wildman–Crippen LogP) is 7.07. The molecule has 0 aliphatic carbocycles. The molecule has 0 atom stereocenters. The minimum absolute atomic E-state index is 0.00920. The molecule has 230 valence electrons. The largest absolute Gasteiger partial charge is 0.493 e. The summed E-state index contributed by atoms with van der Waals surface area (Å²) in [4.78, 5) is 24.0. The molecule has 2 fully saturated rings. The molecule has 44 heavy (non-hydrogen) atoms. The molecule has 9 heteroatoms. The van der Waals surface area contributed by atoms with Gasteiger partial charge < -0.3 is 19.1 Å². The van der Waals surface area contributed by atoms with Crippen LogP contribution in [0.3, 0.4) is 0 Å². The monoisotopic (exact) mass is 617 g/mol. The van der Waals surface area contributed by atoms with Gasteiger partial charge in [-0.25, -0.2) is 14.4 Å². The smallest absolute Gasteiger partial charge is 0.230 e. The van der Waals surface area contributed by atoms with E-state index < -0.39 is 0 Å². The zero-order valence-corrected chi connectivity index (χ0v) is 26.0.